The van der Waals surface area contributed by atoms with Gasteiger partial charge in [-0.25, -0.2) is 0 Å². The van der Waals surface area contributed by atoms with E-state index in [2.05, 4.69) is 15.9 Å². The minimum Gasteiger partial charge on any atom is -0.497 e. The Morgan fingerprint density at radius 2 is 2.15 bits per heavy atom. The number of carbonyl (C=O) groups is 1. The summed E-state index contributed by atoms with van der Waals surface area (Å²) in [6, 6.07) is 7.05. The molecular formula is C14H15BrN2O2S. The van der Waals surface area contributed by atoms with E-state index in [0.29, 0.717) is 23.5 Å². The van der Waals surface area contributed by atoms with E-state index in [1.807, 2.05) is 11.4 Å². The van der Waals surface area contributed by atoms with Gasteiger partial charge in [-0.2, -0.15) is 0 Å². The van der Waals surface area contributed by atoms with Gasteiger partial charge < -0.3 is 15.4 Å². The van der Waals surface area contributed by atoms with Crippen LogP contribution in [0.1, 0.15) is 15.9 Å². The summed E-state index contributed by atoms with van der Waals surface area (Å²) in [6.45, 7) is 0.554. The lowest BCUT2D eigenvalue weighted by atomic mass is 10.1. The number of nitrogen functional groups attached to an aromatic ring is 1. The summed E-state index contributed by atoms with van der Waals surface area (Å²) in [5, 5.41) is 2.02. The fourth-order valence-electron chi connectivity index (χ4n) is 1.86. The first kappa shape index (κ1) is 14.9. The molecule has 1 amide bonds. The van der Waals surface area contributed by atoms with E-state index in [0.717, 1.165) is 9.35 Å². The molecule has 0 fully saturated rings. The number of hydrogen-bond donors (Lipinski definition) is 1. The molecule has 2 aromatic rings. The molecule has 0 spiro atoms. The number of rotatable bonds is 4. The third-order valence-corrected chi connectivity index (χ3v) is 4.35. The summed E-state index contributed by atoms with van der Waals surface area (Å²) in [7, 11) is 3.32. The van der Waals surface area contributed by atoms with Gasteiger partial charge >= 0.3 is 0 Å². The van der Waals surface area contributed by atoms with Crippen molar-refractivity contribution in [3.05, 3.63) is 44.6 Å². The first-order chi connectivity index (χ1) is 9.49. The molecule has 20 heavy (non-hydrogen) atoms. The molecule has 0 saturated carbocycles. The highest BCUT2D eigenvalue weighted by molar-refractivity contribution is 9.11. The largest absolute Gasteiger partial charge is 0.497 e. The molecule has 1 aromatic heterocycles. The Bertz CT molecular complexity index is 627. The molecule has 2 rings (SSSR count). The van der Waals surface area contributed by atoms with Crippen LogP contribution in [0.4, 0.5) is 5.69 Å². The lowest BCUT2D eigenvalue weighted by Crippen LogP contribution is -2.26. The number of nitrogens with two attached hydrogens (primary N) is 1. The van der Waals surface area contributed by atoms with Crippen molar-refractivity contribution < 1.29 is 9.53 Å². The monoisotopic (exact) mass is 354 g/mol. The summed E-state index contributed by atoms with van der Waals surface area (Å²) >= 11 is 5.02. The van der Waals surface area contributed by atoms with Gasteiger partial charge in [0.15, 0.2) is 0 Å². The molecule has 4 nitrogen and oxygen atoms in total. The zero-order valence-corrected chi connectivity index (χ0v) is 13.6. The molecule has 0 aliphatic heterocycles. The Morgan fingerprint density at radius 3 is 2.75 bits per heavy atom. The lowest BCUT2D eigenvalue weighted by Gasteiger charge is -2.17. The van der Waals surface area contributed by atoms with Crippen molar-refractivity contribution in [2.75, 3.05) is 19.9 Å². The van der Waals surface area contributed by atoms with Crippen molar-refractivity contribution in [3.8, 4) is 5.75 Å². The molecule has 0 unspecified atom stereocenters. The zero-order chi connectivity index (χ0) is 14.7. The third kappa shape index (κ3) is 3.52. The van der Waals surface area contributed by atoms with Crippen LogP contribution in [0.5, 0.6) is 5.75 Å². The summed E-state index contributed by atoms with van der Waals surface area (Å²) in [5.74, 6) is 0.498. The number of methoxy groups -OCH3 is 1. The molecule has 0 bridgehead atoms. The van der Waals surface area contributed by atoms with Gasteiger partial charge in [-0.1, -0.05) is 0 Å². The number of hydrogen-bond acceptors (Lipinski definition) is 4. The predicted octanol–water partition coefficient (Wildman–Crippen LogP) is 3.37. The van der Waals surface area contributed by atoms with Crippen LogP contribution in [-0.4, -0.2) is 25.0 Å². The quantitative estimate of drug-likeness (QED) is 0.856. The number of amides is 1. The first-order valence-corrected chi connectivity index (χ1v) is 7.60. The van der Waals surface area contributed by atoms with Crippen LogP contribution in [0.2, 0.25) is 0 Å². The second kappa shape index (κ2) is 6.28. The Hall–Kier alpha value is -1.53. The summed E-state index contributed by atoms with van der Waals surface area (Å²) in [4.78, 5) is 14.0. The van der Waals surface area contributed by atoms with Crippen molar-refractivity contribution >= 4 is 38.9 Å². The Balaban J connectivity index is 2.15. The lowest BCUT2D eigenvalue weighted by molar-refractivity contribution is 0.0785. The van der Waals surface area contributed by atoms with E-state index in [-0.39, 0.29) is 5.91 Å². The van der Waals surface area contributed by atoms with E-state index in [1.165, 1.54) is 0 Å². The van der Waals surface area contributed by atoms with Crippen molar-refractivity contribution in [3.63, 3.8) is 0 Å². The minimum absolute atomic E-state index is 0.0853. The summed E-state index contributed by atoms with van der Waals surface area (Å²) < 4.78 is 6.19. The number of thiophene rings is 1. The first-order valence-electron chi connectivity index (χ1n) is 5.92. The van der Waals surface area contributed by atoms with E-state index in [4.69, 9.17) is 10.5 Å². The maximum Gasteiger partial charge on any atom is 0.254 e. The van der Waals surface area contributed by atoms with Crippen molar-refractivity contribution in [2.24, 2.45) is 0 Å². The van der Waals surface area contributed by atoms with Crippen LogP contribution in [0.15, 0.2) is 33.4 Å². The number of anilines is 1. The molecule has 0 saturated heterocycles. The van der Waals surface area contributed by atoms with Gasteiger partial charge in [-0.15, -0.1) is 11.3 Å². The zero-order valence-electron chi connectivity index (χ0n) is 11.2. The Kier molecular flexibility index (Phi) is 4.67. The van der Waals surface area contributed by atoms with Crippen molar-refractivity contribution in [1.29, 1.82) is 0 Å². The van der Waals surface area contributed by atoms with Gasteiger partial charge in [-0.05, 0) is 45.1 Å². The Labute approximate surface area is 130 Å². The molecule has 0 atom stereocenters. The highest BCUT2D eigenvalue weighted by Gasteiger charge is 2.14. The topological polar surface area (TPSA) is 55.6 Å². The van der Waals surface area contributed by atoms with Gasteiger partial charge in [0.2, 0.25) is 0 Å². The molecular weight excluding hydrogens is 340 g/mol. The van der Waals surface area contributed by atoms with Gasteiger partial charge in [0.1, 0.15) is 5.75 Å². The minimum atomic E-state index is -0.0853. The molecule has 2 N–H and O–H groups in total. The normalized spacial score (nSPS) is 10.3. The maximum atomic E-state index is 12.4. The average Bonchev–Trinajstić information content (AvgIpc) is 2.82. The van der Waals surface area contributed by atoms with Gasteiger partial charge in [0.05, 0.1) is 10.9 Å². The highest BCUT2D eigenvalue weighted by atomic mass is 79.9. The van der Waals surface area contributed by atoms with Gasteiger partial charge in [0, 0.05) is 30.9 Å². The van der Waals surface area contributed by atoms with Crippen molar-refractivity contribution in [1.82, 2.24) is 4.90 Å². The van der Waals surface area contributed by atoms with Crippen LogP contribution in [0.3, 0.4) is 0 Å². The highest BCUT2D eigenvalue weighted by Crippen LogP contribution is 2.23. The molecule has 0 radical (unpaired) electrons. The van der Waals surface area contributed by atoms with Gasteiger partial charge in [0.25, 0.3) is 5.91 Å². The molecule has 6 heteroatoms. The fourth-order valence-corrected chi connectivity index (χ4v) is 3.06. The molecule has 0 aliphatic rings. The second-order valence-corrected chi connectivity index (χ2v) is 6.71. The maximum absolute atomic E-state index is 12.4. The standard InChI is InChI=1S/C14H15BrN2O2S/c1-17(7-9-3-13(15)20-8-9)14(18)10-4-11(16)6-12(5-10)19-2/h3-6,8H,7,16H2,1-2H3. The van der Waals surface area contributed by atoms with Crippen LogP contribution in [-0.2, 0) is 6.54 Å². The van der Waals surface area contributed by atoms with E-state index in [9.17, 15) is 4.79 Å². The van der Waals surface area contributed by atoms with E-state index < -0.39 is 0 Å². The Morgan fingerprint density at radius 1 is 1.40 bits per heavy atom. The van der Waals surface area contributed by atoms with Crippen LogP contribution >= 0.6 is 27.3 Å². The second-order valence-electron chi connectivity index (χ2n) is 4.42. The van der Waals surface area contributed by atoms with E-state index in [1.54, 1.807) is 48.6 Å². The number of ether oxygens (including phenoxy) is 1. The number of benzene rings is 1. The number of nitrogens with zero attached hydrogens (tertiary/aromatic N) is 1. The average molecular weight is 355 g/mol. The number of halogens is 1. The van der Waals surface area contributed by atoms with Crippen LogP contribution < -0.4 is 10.5 Å². The summed E-state index contributed by atoms with van der Waals surface area (Å²) in [6.07, 6.45) is 0. The fraction of sp³-hybridized carbons (Fsp3) is 0.214. The molecule has 106 valence electrons. The van der Waals surface area contributed by atoms with E-state index >= 15 is 0 Å². The SMILES string of the molecule is COc1cc(N)cc(C(=O)N(C)Cc2csc(Br)c2)c1. The predicted molar refractivity (Wildman–Crippen MR) is 85.2 cm³/mol. The van der Waals surface area contributed by atoms with Crippen LogP contribution in [0, 0.1) is 0 Å². The van der Waals surface area contributed by atoms with Gasteiger partial charge in [-0.3, -0.25) is 4.79 Å². The number of carbonyl (C=O) groups excluding carboxylic acids is 1. The van der Waals surface area contributed by atoms with Crippen molar-refractivity contribution in [2.45, 2.75) is 6.54 Å². The smallest absolute Gasteiger partial charge is 0.254 e. The molecule has 0 aliphatic carbocycles. The summed E-state index contributed by atoms with van der Waals surface area (Å²) in [5.41, 5.74) is 7.90. The third-order valence-electron chi connectivity index (χ3n) is 2.80. The molecule has 1 heterocycles. The van der Waals surface area contributed by atoms with Crippen LogP contribution in [0.25, 0.3) is 0 Å². The molecule has 1 aromatic carbocycles.